The highest BCUT2D eigenvalue weighted by Gasteiger charge is 2.30. The molecule has 3 aromatic rings. The van der Waals surface area contributed by atoms with Crippen LogP contribution in [0.2, 0.25) is 0 Å². The van der Waals surface area contributed by atoms with Crippen LogP contribution >= 0.6 is 0 Å². The number of hydrogen-bond donors (Lipinski definition) is 0. The van der Waals surface area contributed by atoms with Crippen molar-refractivity contribution in [2.75, 3.05) is 0 Å². The lowest BCUT2D eigenvalue weighted by Crippen LogP contribution is -2.04. The second-order valence-electron chi connectivity index (χ2n) is 4.84. The molecule has 0 saturated heterocycles. The number of aromatic nitrogens is 1. The van der Waals surface area contributed by atoms with Gasteiger partial charge in [-0.15, -0.1) is 0 Å². The van der Waals surface area contributed by atoms with Crippen LogP contribution in [-0.2, 0) is 12.7 Å². The highest BCUT2D eigenvalue weighted by atomic mass is 19.4. The summed E-state index contributed by atoms with van der Waals surface area (Å²) in [4.78, 5) is 0. The van der Waals surface area contributed by atoms with Gasteiger partial charge >= 0.3 is 6.18 Å². The molecule has 108 valence electrons. The van der Waals surface area contributed by atoms with E-state index in [1.165, 1.54) is 18.2 Å². The second kappa shape index (κ2) is 4.91. The number of nitrogens with zero attached hydrogens (tertiary/aromatic N) is 1. The largest absolute Gasteiger partial charge is 0.416 e. The second-order valence-corrected chi connectivity index (χ2v) is 4.84. The molecule has 0 saturated carbocycles. The van der Waals surface area contributed by atoms with Gasteiger partial charge in [-0.1, -0.05) is 12.1 Å². The van der Waals surface area contributed by atoms with Gasteiger partial charge in [0.05, 0.1) is 5.56 Å². The molecule has 3 rings (SSSR count). The molecular formula is C16H11F4N. The highest BCUT2D eigenvalue weighted by molar-refractivity contribution is 5.81. The van der Waals surface area contributed by atoms with Crippen LogP contribution in [0.15, 0.2) is 54.7 Å². The van der Waals surface area contributed by atoms with Crippen molar-refractivity contribution in [2.45, 2.75) is 12.7 Å². The van der Waals surface area contributed by atoms with E-state index < -0.39 is 11.7 Å². The Morgan fingerprint density at radius 2 is 1.76 bits per heavy atom. The first-order chi connectivity index (χ1) is 9.93. The smallest absolute Gasteiger partial charge is 0.343 e. The van der Waals surface area contributed by atoms with Crippen LogP contribution in [0, 0.1) is 5.82 Å². The average Bonchev–Trinajstić information content (AvgIpc) is 2.80. The van der Waals surface area contributed by atoms with E-state index in [-0.39, 0.29) is 5.82 Å². The van der Waals surface area contributed by atoms with Gasteiger partial charge in [0.2, 0.25) is 0 Å². The zero-order valence-corrected chi connectivity index (χ0v) is 10.9. The van der Waals surface area contributed by atoms with Crippen molar-refractivity contribution in [3.05, 3.63) is 71.7 Å². The van der Waals surface area contributed by atoms with Gasteiger partial charge in [0.25, 0.3) is 0 Å². The number of benzene rings is 2. The van der Waals surface area contributed by atoms with E-state index in [4.69, 9.17) is 0 Å². The molecule has 0 N–H and O–H groups in total. The van der Waals surface area contributed by atoms with Crippen LogP contribution in [0.25, 0.3) is 10.9 Å². The molecule has 21 heavy (non-hydrogen) atoms. The number of hydrogen-bond acceptors (Lipinski definition) is 0. The summed E-state index contributed by atoms with van der Waals surface area (Å²) in [5, 5.41) is 0.515. The van der Waals surface area contributed by atoms with E-state index in [9.17, 15) is 17.6 Å². The quantitative estimate of drug-likeness (QED) is 0.595. The van der Waals surface area contributed by atoms with Crippen LogP contribution in [0.3, 0.4) is 0 Å². The predicted molar refractivity (Wildman–Crippen MR) is 72.4 cm³/mol. The molecule has 0 bridgehead atoms. The number of fused-ring (bicyclic) bond motifs is 1. The summed E-state index contributed by atoms with van der Waals surface area (Å²) in [5.41, 5.74) is 0.776. The fourth-order valence-electron chi connectivity index (χ4n) is 2.35. The normalized spacial score (nSPS) is 12.0. The van der Waals surface area contributed by atoms with E-state index in [1.807, 2.05) is 0 Å². The highest BCUT2D eigenvalue weighted by Crippen LogP contribution is 2.31. The van der Waals surface area contributed by atoms with Gasteiger partial charge in [-0.25, -0.2) is 4.39 Å². The van der Waals surface area contributed by atoms with Crippen LogP contribution in [-0.4, -0.2) is 4.57 Å². The molecule has 0 aliphatic rings. The average molecular weight is 293 g/mol. The summed E-state index contributed by atoms with van der Waals surface area (Å²) >= 11 is 0. The summed E-state index contributed by atoms with van der Waals surface area (Å²) < 4.78 is 53.0. The number of alkyl halides is 3. The summed E-state index contributed by atoms with van der Waals surface area (Å²) in [6.45, 7) is 0.409. The number of rotatable bonds is 2. The molecule has 1 heterocycles. The van der Waals surface area contributed by atoms with Gasteiger partial charge in [-0.3, -0.25) is 0 Å². The Bertz CT molecular complexity index is 786. The molecule has 0 fully saturated rings. The predicted octanol–water partition coefficient (Wildman–Crippen LogP) is 4.85. The fraction of sp³-hybridized carbons (Fsp3) is 0.125. The Morgan fingerprint density at radius 1 is 0.952 bits per heavy atom. The van der Waals surface area contributed by atoms with Crippen molar-refractivity contribution < 1.29 is 17.6 Å². The lowest BCUT2D eigenvalue weighted by atomic mass is 10.1. The van der Waals surface area contributed by atoms with Crippen LogP contribution in [0.1, 0.15) is 11.1 Å². The van der Waals surface area contributed by atoms with Gasteiger partial charge in [-0.05, 0) is 42.0 Å². The van der Waals surface area contributed by atoms with Crippen LogP contribution < -0.4 is 0 Å². The summed E-state index contributed by atoms with van der Waals surface area (Å²) in [5.74, 6) is -0.330. The molecule has 0 aliphatic heterocycles. The molecule has 2 aromatic carbocycles. The molecule has 0 amide bonds. The van der Waals surface area contributed by atoms with Gasteiger partial charge in [0.1, 0.15) is 5.82 Å². The minimum absolute atomic E-state index is 0.330. The Labute approximate surface area is 118 Å². The molecule has 0 aliphatic carbocycles. The maximum Gasteiger partial charge on any atom is 0.416 e. The third kappa shape index (κ3) is 2.77. The molecule has 1 aromatic heterocycles. The SMILES string of the molecule is Fc1cccc(Cn2ccc3cc(C(F)(F)F)ccc32)c1. The van der Waals surface area contributed by atoms with Gasteiger partial charge in [-0.2, -0.15) is 13.2 Å². The Kier molecular flexibility index (Phi) is 3.20. The lowest BCUT2D eigenvalue weighted by molar-refractivity contribution is -0.137. The summed E-state index contributed by atoms with van der Waals surface area (Å²) in [6, 6.07) is 11.4. The summed E-state index contributed by atoms with van der Waals surface area (Å²) in [7, 11) is 0. The van der Waals surface area contributed by atoms with Crippen LogP contribution in [0.5, 0.6) is 0 Å². The Morgan fingerprint density at radius 3 is 2.48 bits per heavy atom. The third-order valence-corrected chi connectivity index (χ3v) is 3.34. The van der Waals surface area contributed by atoms with Crippen molar-refractivity contribution >= 4 is 10.9 Å². The zero-order chi connectivity index (χ0) is 15.0. The van der Waals surface area contributed by atoms with Crippen molar-refractivity contribution in [3.8, 4) is 0 Å². The van der Waals surface area contributed by atoms with Crippen molar-refractivity contribution in [1.82, 2.24) is 4.57 Å². The van der Waals surface area contributed by atoms with E-state index in [0.29, 0.717) is 17.4 Å². The van der Waals surface area contributed by atoms with Gasteiger partial charge in [0, 0.05) is 23.6 Å². The monoisotopic (exact) mass is 293 g/mol. The molecule has 0 spiro atoms. The molecular weight excluding hydrogens is 282 g/mol. The first-order valence-corrected chi connectivity index (χ1v) is 6.34. The number of halogens is 4. The van der Waals surface area contributed by atoms with E-state index in [1.54, 1.807) is 29.0 Å². The fourth-order valence-corrected chi connectivity index (χ4v) is 2.35. The van der Waals surface area contributed by atoms with Gasteiger partial charge in [0.15, 0.2) is 0 Å². The third-order valence-electron chi connectivity index (χ3n) is 3.34. The van der Waals surface area contributed by atoms with Crippen molar-refractivity contribution in [1.29, 1.82) is 0 Å². The Hall–Kier alpha value is -2.30. The standard InChI is InChI=1S/C16H11F4N/c17-14-3-1-2-11(8-14)10-21-7-6-12-9-13(16(18,19)20)4-5-15(12)21/h1-9H,10H2. The molecule has 0 atom stereocenters. The Balaban J connectivity index is 1.97. The first kappa shape index (κ1) is 13.7. The van der Waals surface area contributed by atoms with E-state index >= 15 is 0 Å². The van der Waals surface area contributed by atoms with Crippen molar-refractivity contribution in [2.24, 2.45) is 0 Å². The minimum atomic E-state index is -4.35. The van der Waals surface area contributed by atoms with Gasteiger partial charge < -0.3 is 4.57 Å². The first-order valence-electron chi connectivity index (χ1n) is 6.34. The van der Waals surface area contributed by atoms with Crippen LogP contribution in [0.4, 0.5) is 17.6 Å². The molecule has 1 nitrogen and oxygen atoms in total. The minimum Gasteiger partial charge on any atom is -0.343 e. The molecule has 5 heteroatoms. The molecule has 0 radical (unpaired) electrons. The lowest BCUT2D eigenvalue weighted by Gasteiger charge is -2.08. The maximum absolute atomic E-state index is 13.2. The topological polar surface area (TPSA) is 4.93 Å². The van der Waals surface area contributed by atoms with E-state index in [2.05, 4.69) is 0 Å². The van der Waals surface area contributed by atoms with E-state index in [0.717, 1.165) is 17.7 Å². The summed E-state index contributed by atoms with van der Waals surface area (Å²) in [6.07, 6.45) is -2.64. The maximum atomic E-state index is 13.2. The zero-order valence-electron chi connectivity index (χ0n) is 10.9. The van der Waals surface area contributed by atoms with Crippen molar-refractivity contribution in [3.63, 3.8) is 0 Å². The molecule has 0 unspecified atom stereocenters.